The molecule has 1 aliphatic rings. The number of hydrogen-bond acceptors (Lipinski definition) is 3. The fourth-order valence-corrected chi connectivity index (χ4v) is 3.43. The topological polar surface area (TPSA) is 95.5 Å². The Morgan fingerprint density at radius 2 is 1.72 bits per heavy atom. The SMILES string of the molecule is O=C(O)Cc1ccc(NC(=O)c2ccc(CNC(=O)C3CCCC3)cc2)cc1F. The molecule has 0 radical (unpaired) electrons. The lowest BCUT2D eigenvalue weighted by Crippen LogP contribution is -2.28. The van der Waals surface area contributed by atoms with Crippen LogP contribution in [-0.4, -0.2) is 22.9 Å². The van der Waals surface area contributed by atoms with E-state index in [2.05, 4.69) is 10.6 Å². The summed E-state index contributed by atoms with van der Waals surface area (Å²) in [6.45, 7) is 0.410. The summed E-state index contributed by atoms with van der Waals surface area (Å²) < 4.78 is 13.9. The highest BCUT2D eigenvalue weighted by Gasteiger charge is 2.22. The highest BCUT2D eigenvalue weighted by Crippen LogP contribution is 2.24. The second kappa shape index (κ2) is 9.32. The van der Waals surface area contributed by atoms with E-state index in [-0.39, 0.29) is 23.1 Å². The number of amides is 2. The van der Waals surface area contributed by atoms with Crippen molar-refractivity contribution in [2.75, 3.05) is 5.32 Å². The first-order valence-electron chi connectivity index (χ1n) is 9.60. The lowest BCUT2D eigenvalue weighted by Gasteiger charge is -2.11. The van der Waals surface area contributed by atoms with Gasteiger partial charge in [-0.05, 0) is 48.2 Å². The van der Waals surface area contributed by atoms with E-state index in [0.29, 0.717) is 12.1 Å². The molecule has 3 N–H and O–H groups in total. The fourth-order valence-electron chi connectivity index (χ4n) is 3.43. The molecule has 0 heterocycles. The highest BCUT2D eigenvalue weighted by atomic mass is 19.1. The number of carboxylic acid groups (broad SMARTS) is 1. The van der Waals surface area contributed by atoms with Crippen molar-refractivity contribution in [1.82, 2.24) is 5.32 Å². The monoisotopic (exact) mass is 398 g/mol. The molecular weight excluding hydrogens is 375 g/mol. The minimum absolute atomic E-state index is 0.0551. The molecule has 0 bridgehead atoms. The molecule has 1 fully saturated rings. The molecule has 3 rings (SSSR count). The van der Waals surface area contributed by atoms with Crippen LogP contribution in [0.3, 0.4) is 0 Å². The minimum atomic E-state index is -1.12. The normalized spacial score (nSPS) is 13.8. The van der Waals surface area contributed by atoms with Crippen LogP contribution in [0.2, 0.25) is 0 Å². The Morgan fingerprint density at radius 3 is 2.34 bits per heavy atom. The number of carbonyl (C=O) groups excluding carboxylic acids is 2. The van der Waals surface area contributed by atoms with Gasteiger partial charge in [0.05, 0.1) is 6.42 Å². The van der Waals surface area contributed by atoms with Gasteiger partial charge in [0.1, 0.15) is 5.82 Å². The van der Waals surface area contributed by atoms with Gasteiger partial charge in [-0.25, -0.2) is 4.39 Å². The van der Waals surface area contributed by atoms with Gasteiger partial charge in [-0.1, -0.05) is 31.0 Å². The summed E-state index contributed by atoms with van der Waals surface area (Å²) in [5.74, 6) is -2.02. The number of carbonyl (C=O) groups is 3. The number of anilines is 1. The summed E-state index contributed by atoms with van der Waals surface area (Å²) in [6.07, 6.45) is 3.69. The van der Waals surface area contributed by atoms with Gasteiger partial charge in [-0.3, -0.25) is 14.4 Å². The molecule has 0 spiro atoms. The van der Waals surface area contributed by atoms with Crippen molar-refractivity contribution in [2.24, 2.45) is 5.92 Å². The number of aliphatic carboxylic acids is 1. The van der Waals surface area contributed by atoms with E-state index in [1.54, 1.807) is 24.3 Å². The molecule has 29 heavy (non-hydrogen) atoms. The molecule has 2 aromatic rings. The van der Waals surface area contributed by atoms with Crippen molar-refractivity contribution >= 4 is 23.5 Å². The fraction of sp³-hybridized carbons (Fsp3) is 0.318. The van der Waals surface area contributed by atoms with Gasteiger partial charge >= 0.3 is 5.97 Å². The maximum atomic E-state index is 13.9. The van der Waals surface area contributed by atoms with Crippen LogP contribution in [0.1, 0.15) is 47.2 Å². The lowest BCUT2D eigenvalue weighted by atomic mass is 10.1. The van der Waals surface area contributed by atoms with Gasteiger partial charge in [0, 0.05) is 23.7 Å². The smallest absolute Gasteiger partial charge is 0.307 e. The van der Waals surface area contributed by atoms with Gasteiger partial charge in [0.25, 0.3) is 5.91 Å². The van der Waals surface area contributed by atoms with Crippen molar-refractivity contribution in [3.63, 3.8) is 0 Å². The Kier molecular flexibility index (Phi) is 6.59. The number of nitrogens with one attached hydrogen (secondary N) is 2. The molecule has 0 unspecified atom stereocenters. The maximum absolute atomic E-state index is 13.9. The average molecular weight is 398 g/mol. The van der Waals surface area contributed by atoms with Gasteiger partial charge in [0.2, 0.25) is 5.91 Å². The van der Waals surface area contributed by atoms with Crippen LogP contribution >= 0.6 is 0 Å². The molecule has 152 valence electrons. The summed E-state index contributed by atoms with van der Waals surface area (Å²) in [7, 11) is 0. The number of halogens is 1. The molecule has 0 aliphatic heterocycles. The Morgan fingerprint density at radius 1 is 1.03 bits per heavy atom. The molecule has 0 saturated heterocycles. The second-order valence-electron chi connectivity index (χ2n) is 7.23. The van der Waals surface area contributed by atoms with E-state index in [9.17, 15) is 18.8 Å². The van der Waals surface area contributed by atoms with E-state index in [1.807, 2.05) is 0 Å². The van der Waals surface area contributed by atoms with Crippen molar-refractivity contribution in [3.8, 4) is 0 Å². The highest BCUT2D eigenvalue weighted by molar-refractivity contribution is 6.04. The van der Waals surface area contributed by atoms with Crippen LogP contribution in [0.15, 0.2) is 42.5 Å². The molecule has 1 saturated carbocycles. The number of rotatable bonds is 7. The molecule has 7 heteroatoms. The Hall–Kier alpha value is -3.22. The molecular formula is C22H23FN2O4. The summed E-state index contributed by atoms with van der Waals surface area (Å²) in [6, 6.07) is 10.7. The van der Waals surface area contributed by atoms with Gasteiger partial charge in [-0.15, -0.1) is 0 Å². The first-order chi connectivity index (χ1) is 13.9. The molecule has 6 nitrogen and oxygen atoms in total. The zero-order valence-electron chi connectivity index (χ0n) is 15.9. The first kappa shape index (κ1) is 20.5. The maximum Gasteiger partial charge on any atom is 0.307 e. The Balaban J connectivity index is 1.55. The molecule has 2 aromatic carbocycles. The standard InChI is InChI=1S/C22H23FN2O4/c23-19-12-18(10-9-17(19)11-20(26)27)25-22(29)16-7-5-14(6-8-16)13-24-21(28)15-3-1-2-4-15/h5-10,12,15H,1-4,11,13H2,(H,24,28)(H,25,29)(H,26,27). The van der Waals surface area contributed by atoms with Gasteiger partial charge in [0.15, 0.2) is 0 Å². The predicted molar refractivity (Wildman–Crippen MR) is 106 cm³/mol. The predicted octanol–water partition coefficient (Wildman–Crippen LogP) is 3.51. The third kappa shape index (κ3) is 5.63. The van der Waals surface area contributed by atoms with Crippen molar-refractivity contribution < 1.29 is 23.9 Å². The van der Waals surface area contributed by atoms with Crippen molar-refractivity contribution in [2.45, 2.75) is 38.6 Å². The second-order valence-corrected chi connectivity index (χ2v) is 7.23. The summed E-state index contributed by atoms with van der Waals surface area (Å²) in [5, 5.41) is 14.3. The summed E-state index contributed by atoms with van der Waals surface area (Å²) >= 11 is 0. The third-order valence-electron chi connectivity index (χ3n) is 5.06. The average Bonchev–Trinajstić information content (AvgIpc) is 3.23. The summed E-state index contributed by atoms with van der Waals surface area (Å²) in [4.78, 5) is 35.1. The summed E-state index contributed by atoms with van der Waals surface area (Å²) in [5.41, 5.74) is 1.58. The van der Waals surface area contributed by atoms with Crippen LogP contribution in [0.25, 0.3) is 0 Å². The molecule has 0 atom stereocenters. The van der Waals surface area contributed by atoms with Gasteiger partial charge in [-0.2, -0.15) is 0 Å². The van der Waals surface area contributed by atoms with Crippen LogP contribution in [0.4, 0.5) is 10.1 Å². The van der Waals surface area contributed by atoms with Crippen LogP contribution in [-0.2, 0) is 22.6 Å². The Bertz CT molecular complexity index is 906. The lowest BCUT2D eigenvalue weighted by molar-refractivity contribution is -0.136. The minimum Gasteiger partial charge on any atom is -0.481 e. The van der Waals surface area contributed by atoms with E-state index in [4.69, 9.17) is 5.11 Å². The van der Waals surface area contributed by atoms with Crippen LogP contribution < -0.4 is 10.6 Å². The van der Waals surface area contributed by atoms with E-state index >= 15 is 0 Å². The van der Waals surface area contributed by atoms with Crippen molar-refractivity contribution in [3.05, 3.63) is 65.0 Å². The van der Waals surface area contributed by atoms with Crippen molar-refractivity contribution in [1.29, 1.82) is 0 Å². The molecule has 2 amide bonds. The number of benzene rings is 2. The van der Waals surface area contributed by atoms with Crippen LogP contribution in [0.5, 0.6) is 0 Å². The van der Waals surface area contributed by atoms with Gasteiger partial charge < -0.3 is 15.7 Å². The van der Waals surface area contributed by atoms with E-state index < -0.39 is 24.1 Å². The zero-order chi connectivity index (χ0) is 20.8. The zero-order valence-corrected chi connectivity index (χ0v) is 15.9. The number of hydrogen-bond donors (Lipinski definition) is 3. The first-order valence-corrected chi connectivity index (χ1v) is 9.60. The third-order valence-corrected chi connectivity index (χ3v) is 5.06. The molecule has 1 aliphatic carbocycles. The van der Waals surface area contributed by atoms with E-state index in [1.165, 1.54) is 12.1 Å². The quantitative estimate of drug-likeness (QED) is 0.665. The number of carboxylic acids is 1. The molecule has 0 aromatic heterocycles. The Labute approximate surface area is 168 Å². The largest absolute Gasteiger partial charge is 0.481 e. The van der Waals surface area contributed by atoms with Crippen LogP contribution in [0, 0.1) is 11.7 Å². The van der Waals surface area contributed by atoms with E-state index in [0.717, 1.165) is 37.3 Å².